The third-order valence-electron chi connectivity index (χ3n) is 2.82. The van der Waals surface area contributed by atoms with E-state index >= 15 is 0 Å². The predicted octanol–water partition coefficient (Wildman–Crippen LogP) is 2.53. The second kappa shape index (κ2) is 6.47. The topological polar surface area (TPSA) is 67.8 Å². The van der Waals surface area contributed by atoms with Crippen molar-refractivity contribution in [2.45, 2.75) is 25.9 Å². The molecule has 104 valence electrons. The molecule has 0 atom stereocenters. The molecule has 0 aliphatic carbocycles. The SMILES string of the molecule is Cc1ccccc1NC(=O)CSc1nnc(C)c(C)n1. The van der Waals surface area contributed by atoms with Crippen LogP contribution in [0.1, 0.15) is 17.0 Å². The molecule has 0 aliphatic heterocycles. The standard InChI is InChI=1S/C14H16N4OS/c1-9-6-4-5-7-12(9)16-13(19)8-20-14-15-10(2)11(3)17-18-14/h4-7H,8H2,1-3H3,(H,16,19). The van der Waals surface area contributed by atoms with E-state index < -0.39 is 0 Å². The van der Waals surface area contributed by atoms with E-state index in [2.05, 4.69) is 20.5 Å². The molecule has 20 heavy (non-hydrogen) atoms. The Hall–Kier alpha value is -1.95. The van der Waals surface area contributed by atoms with Gasteiger partial charge in [0.1, 0.15) is 0 Å². The number of carbonyl (C=O) groups excluding carboxylic acids is 1. The highest BCUT2D eigenvalue weighted by molar-refractivity contribution is 7.99. The predicted molar refractivity (Wildman–Crippen MR) is 79.8 cm³/mol. The van der Waals surface area contributed by atoms with Gasteiger partial charge in [-0.3, -0.25) is 4.79 Å². The lowest BCUT2D eigenvalue weighted by molar-refractivity contribution is -0.113. The second-order valence-corrected chi connectivity index (χ2v) is 5.36. The average molecular weight is 288 g/mol. The van der Waals surface area contributed by atoms with Crippen LogP contribution in [0.25, 0.3) is 0 Å². The van der Waals surface area contributed by atoms with Gasteiger partial charge in [-0.05, 0) is 32.4 Å². The number of benzene rings is 1. The van der Waals surface area contributed by atoms with Crippen molar-refractivity contribution < 1.29 is 4.79 Å². The number of hydrogen-bond donors (Lipinski definition) is 1. The van der Waals surface area contributed by atoms with Gasteiger partial charge in [-0.2, -0.15) is 5.10 Å². The van der Waals surface area contributed by atoms with Gasteiger partial charge in [0.2, 0.25) is 11.1 Å². The number of rotatable bonds is 4. The third kappa shape index (κ3) is 3.77. The van der Waals surface area contributed by atoms with Crippen molar-refractivity contribution in [1.82, 2.24) is 15.2 Å². The molecular formula is C14H16N4OS. The van der Waals surface area contributed by atoms with Gasteiger partial charge in [0.25, 0.3) is 0 Å². The highest BCUT2D eigenvalue weighted by atomic mass is 32.2. The Balaban J connectivity index is 1.92. The normalized spacial score (nSPS) is 10.3. The fourth-order valence-corrected chi connectivity index (χ4v) is 2.16. The van der Waals surface area contributed by atoms with Crippen LogP contribution in [0.15, 0.2) is 29.4 Å². The summed E-state index contributed by atoms with van der Waals surface area (Å²) in [5, 5.41) is 11.3. The van der Waals surface area contributed by atoms with E-state index in [9.17, 15) is 4.79 Å². The summed E-state index contributed by atoms with van der Waals surface area (Å²) in [6.07, 6.45) is 0. The molecule has 0 saturated heterocycles. The van der Waals surface area contributed by atoms with Crippen LogP contribution in [0, 0.1) is 20.8 Å². The van der Waals surface area contributed by atoms with E-state index in [1.165, 1.54) is 11.8 Å². The largest absolute Gasteiger partial charge is 0.325 e. The van der Waals surface area contributed by atoms with Gasteiger partial charge >= 0.3 is 0 Å². The molecule has 1 aromatic heterocycles. The first-order chi connectivity index (χ1) is 9.56. The summed E-state index contributed by atoms with van der Waals surface area (Å²) in [7, 11) is 0. The minimum absolute atomic E-state index is 0.0777. The van der Waals surface area contributed by atoms with Crippen LogP contribution in [-0.2, 0) is 4.79 Å². The lowest BCUT2D eigenvalue weighted by atomic mass is 10.2. The number of hydrogen-bond acceptors (Lipinski definition) is 5. The number of anilines is 1. The first kappa shape index (κ1) is 14.5. The maximum absolute atomic E-state index is 11.9. The Morgan fingerprint density at radius 2 is 1.90 bits per heavy atom. The molecule has 0 radical (unpaired) electrons. The zero-order valence-corrected chi connectivity index (χ0v) is 12.5. The lowest BCUT2D eigenvalue weighted by Crippen LogP contribution is -2.15. The second-order valence-electron chi connectivity index (χ2n) is 4.42. The number of thioether (sulfide) groups is 1. The summed E-state index contributed by atoms with van der Waals surface area (Å²) in [4.78, 5) is 16.2. The molecule has 1 aromatic carbocycles. The number of para-hydroxylation sites is 1. The van der Waals surface area contributed by atoms with Crippen molar-refractivity contribution in [3.63, 3.8) is 0 Å². The van der Waals surface area contributed by atoms with Crippen LogP contribution in [-0.4, -0.2) is 26.8 Å². The molecular weight excluding hydrogens is 272 g/mol. The Bertz CT molecular complexity index is 630. The quantitative estimate of drug-likeness (QED) is 0.876. The van der Waals surface area contributed by atoms with Gasteiger partial charge in [0, 0.05) is 5.69 Å². The van der Waals surface area contributed by atoms with Gasteiger partial charge in [-0.25, -0.2) is 4.98 Å². The van der Waals surface area contributed by atoms with Crippen LogP contribution in [0.5, 0.6) is 0 Å². The number of nitrogens with one attached hydrogen (secondary N) is 1. The number of amides is 1. The Kier molecular flexibility index (Phi) is 4.68. The van der Waals surface area contributed by atoms with Gasteiger partial charge in [-0.15, -0.1) is 5.10 Å². The Labute approximate surface area is 122 Å². The number of aromatic nitrogens is 3. The van der Waals surface area contributed by atoms with Crippen LogP contribution >= 0.6 is 11.8 Å². The summed E-state index contributed by atoms with van der Waals surface area (Å²) >= 11 is 1.28. The summed E-state index contributed by atoms with van der Waals surface area (Å²) in [5.41, 5.74) is 3.51. The molecule has 6 heteroatoms. The van der Waals surface area contributed by atoms with E-state index in [1.54, 1.807) is 0 Å². The Morgan fingerprint density at radius 1 is 1.15 bits per heavy atom. The van der Waals surface area contributed by atoms with E-state index in [0.717, 1.165) is 22.6 Å². The van der Waals surface area contributed by atoms with Crippen molar-refractivity contribution in [3.05, 3.63) is 41.2 Å². The molecule has 0 bridgehead atoms. The molecule has 0 aliphatic rings. The molecule has 0 saturated carbocycles. The van der Waals surface area contributed by atoms with Crippen molar-refractivity contribution >= 4 is 23.4 Å². The van der Waals surface area contributed by atoms with Crippen LogP contribution < -0.4 is 5.32 Å². The van der Waals surface area contributed by atoms with E-state index in [0.29, 0.717) is 5.16 Å². The molecule has 2 aromatic rings. The van der Waals surface area contributed by atoms with Crippen molar-refractivity contribution in [2.75, 3.05) is 11.1 Å². The average Bonchev–Trinajstić information content (AvgIpc) is 2.43. The molecule has 0 spiro atoms. The number of carbonyl (C=O) groups is 1. The van der Waals surface area contributed by atoms with E-state index in [4.69, 9.17) is 0 Å². The third-order valence-corrected chi connectivity index (χ3v) is 3.66. The molecule has 1 amide bonds. The summed E-state index contributed by atoms with van der Waals surface area (Å²) < 4.78 is 0. The lowest BCUT2D eigenvalue weighted by Gasteiger charge is -2.07. The molecule has 1 N–H and O–H groups in total. The maximum Gasteiger partial charge on any atom is 0.234 e. The van der Waals surface area contributed by atoms with Crippen LogP contribution in [0.3, 0.4) is 0 Å². The monoisotopic (exact) mass is 288 g/mol. The summed E-state index contributed by atoms with van der Waals surface area (Å²) in [6, 6.07) is 7.67. The molecule has 0 unspecified atom stereocenters. The molecule has 1 heterocycles. The summed E-state index contributed by atoms with van der Waals surface area (Å²) in [5.74, 6) is 0.185. The maximum atomic E-state index is 11.9. The minimum Gasteiger partial charge on any atom is -0.325 e. The molecule has 2 rings (SSSR count). The fraction of sp³-hybridized carbons (Fsp3) is 0.286. The Morgan fingerprint density at radius 3 is 2.60 bits per heavy atom. The van der Waals surface area contributed by atoms with Crippen molar-refractivity contribution in [1.29, 1.82) is 0 Å². The van der Waals surface area contributed by atoms with Gasteiger partial charge in [0.05, 0.1) is 17.1 Å². The van der Waals surface area contributed by atoms with Crippen molar-refractivity contribution in [2.24, 2.45) is 0 Å². The first-order valence-corrected chi connectivity index (χ1v) is 7.21. The minimum atomic E-state index is -0.0777. The van der Waals surface area contributed by atoms with E-state index in [-0.39, 0.29) is 11.7 Å². The fourth-order valence-electron chi connectivity index (χ4n) is 1.53. The zero-order valence-electron chi connectivity index (χ0n) is 11.7. The van der Waals surface area contributed by atoms with Crippen LogP contribution in [0.2, 0.25) is 0 Å². The first-order valence-electron chi connectivity index (χ1n) is 6.22. The zero-order chi connectivity index (χ0) is 14.5. The number of nitrogens with zero attached hydrogens (tertiary/aromatic N) is 3. The van der Waals surface area contributed by atoms with Crippen molar-refractivity contribution in [3.8, 4) is 0 Å². The van der Waals surface area contributed by atoms with Gasteiger partial charge in [0.15, 0.2) is 0 Å². The number of aryl methyl sites for hydroxylation is 3. The smallest absolute Gasteiger partial charge is 0.234 e. The van der Waals surface area contributed by atoms with Gasteiger partial charge < -0.3 is 5.32 Å². The van der Waals surface area contributed by atoms with E-state index in [1.807, 2.05) is 45.0 Å². The molecule has 5 nitrogen and oxygen atoms in total. The summed E-state index contributed by atoms with van der Waals surface area (Å²) in [6.45, 7) is 5.69. The van der Waals surface area contributed by atoms with Gasteiger partial charge in [-0.1, -0.05) is 30.0 Å². The highest BCUT2D eigenvalue weighted by Gasteiger charge is 2.08. The van der Waals surface area contributed by atoms with Crippen LogP contribution in [0.4, 0.5) is 5.69 Å². The highest BCUT2D eigenvalue weighted by Crippen LogP contribution is 2.16. The molecule has 0 fully saturated rings.